The second-order valence-electron chi connectivity index (χ2n) is 28.3. The lowest BCUT2D eigenvalue weighted by Crippen LogP contribution is -2.35. The second-order valence-corrected chi connectivity index (χ2v) is 38.0. The average molecular weight is 2040 g/mol. The number of aromatic nitrogens is 8. The molecule has 0 saturated heterocycles. The van der Waals surface area contributed by atoms with Gasteiger partial charge in [-0.05, 0) is 217 Å². The Labute approximate surface area is 770 Å². The lowest BCUT2D eigenvalue weighted by molar-refractivity contribution is -0.137. The highest BCUT2D eigenvalue weighted by Crippen LogP contribution is 2.48. The van der Waals surface area contributed by atoms with Crippen molar-refractivity contribution in [1.29, 1.82) is 0 Å². The number of nitrogens with one attached hydrogen (secondary N) is 1. The highest BCUT2D eigenvalue weighted by molar-refractivity contribution is 14.1. The first kappa shape index (κ1) is 96.3. The van der Waals surface area contributed by atoms with E-state index in [9.17, 15) is 77.9 Å². The molecule has 0 aliphatic rings. The summed E-state index contributed by atoms with van der Waals surface area (Å²) in [5.74, 6) is 0. The van der Waals surface area contributed by atoms with Crippen LogP contribution in [0.25, 0.3) is 99.8 Å². The smallest absolute Gasteiger partial charge is 0.423 e. The Kier molecular flexibility index (Phi) is 29.2. The number of hydrogen-bond acceptors (Lipinski definition) is 17. The fourth-order valence-electron chi connectivity index (χ4n) is 13.6. The molecule has 0 atom stereocenters. The molecule has 18 rings (SSSR count). The minimum atomic E-state index is -4.63. The quantitative estimate of drug-likeness (QED) is 0.0408. The predicted molar refractivity (Wildman–Crippen MR) is 493 cm³/mol. The van der Waals surface area contributed by atoms with Crippen LogP contribution >= 0.6 is 79.8 Å². The number of hydrogen-bond donors (Lipinski definition) is 5. The van der Waals surface area contributed by atoms with Gasteiger partial charge in [0.2, 0.25) is 0 Å². The van der Waals surface area contributed by atoms with Crippen LogP contribution < -0.4 is 10.9 Å². The van der Waals surface area contributed by atoms with E-state index in [1.807, 2.05) is 60.5 Å². The van der Waals surface area contributed by atoms with E-state index in [0.29, 0.717) is 49.1 Å². The zero-order chi connectivity index (χ0) is 93.7. The third-order valence-electron chi connectivity index (χ3n) is 19.7. The van der Waals surface area contributed by atoms with E-state index in [1.165, 1.54) is 142 Å². The van der Waals surface area contributed by atoms with Crippen molar-refractivity contribution >= 4 is 179 Å². The molecule has 0 aliphatic carbocycles. The van der Waals surface area contributed by atoms with Crippen LogP contribution in [0.5, 0.6) is 0 Å². The number of aryl methyl sites for hydroxylation is 3. The molecule has 0 spiro atoms. The molecule has 0 saturated carbocycles. The lowest BCUT2D eigenvalue weighted by Gasteiger charge is -2.13. The van der Waals surface area contributed by atoms with Crippen LogP contribution in [0.15, 0.2) is 309 Å². The third-order valence-corrected chi connectivity index (χ3v) is 28.3. The molecular formula is C89H63B2Cl2F12IN8O10S6. The van der Waals surface area contributed by atoms with Crippen LogP contribution in [0.1, 0.15) is 38.9 Å². The van der Waals surface area contributed by atoms with Crippen LogP contribution in [-0.2, 0) is 54.8 Å². The molecule has 7 aromatic carbocycles. The molecule has 41 heteroatoms. The maximum atomic E-state index is 13.9. The first-order valence-electron chi connectivity index (χ1n) is 37.8. The Bertz CT molecular complexity index is 7460. The van der Waals surface area contributed by atoms with E-state index < -0.39 is 96.7 Å². The van der Waals surface area contributed by atoms with Crippen molar-refractivity contribution in [2.24, 2.45) is 0 Å². The maximum absolute atomic E-state index is 13.9. The van der Waals surface area contributed by atoms with Crippen LogP contribution in [0, 0.1) is 24.3 Å². The molecule has 18 aromatic rings. The van der Waals surface area contributed by atoms with Crippen molar-refractivity contribution in [3.63, 3.8) is 0 Å². The highest BCUT2D eigenvalue weighted by Gasteiger charge is 2.40. The number of halogens is 15. The van der Waals surface area contributed by atoms with Gasteiger partial charge in [0, 0.05) is 86.0 Å². The van der Waals surface area contributed by atoms with Crippen molar-refractivity contribution < 1.29 is 98.0 Å². The van der Waals surface area contributed by atoms with Gasteiger partial charge in [-0.15, -0.1) is 0 Å². The van der Waals surface area contributed by atoms with Gasteiger partial charge in [-0.1, -0.05) is 161 Å². The maximum Gasteiger partial charge on any atom is 0.489 e. The number of pyridine rings is 4. The van der Waals surface area contributed by atoms with Gasteiger partial charge >= 0.3 is 38.9 Å². The van der Waals surface area contributed by atoms with Gasteiger partial charge in [0.1, 0.15) is 5.65 Å². The Morgan fingerprint density at radius 1 is 0.362 bits per heavy atom. The summed E-state index contributed by atoms with van der Waals surface area (Å²) in [6.45, 7) is 5.56. The number of aromatic amines is 1. The fraction of sp³-hybridized carbons (Fsp3) is 0.0787. The molecule has 130 heavy (non-hydrogen) atoms. The van der Waals surface area contributed by atoms with E-state index in [2.05, 4.69) is 47.5 Å². The summed E-state index contributed by atoms with van der Waals surface area (Å²) in [4.78, 5) is 20.1. The number of fused-ring (bicyclic) bond motifs is 4. The highest BCUT2D eigenvalue weighted by atomic mass is 127. The largest absolute Gasteiger partial charge is 0.489 e. The summed E-state index contributed by atoms with van der Waals surface area (Å²) >= 11 is 18.9. The fourth-order valence-corrected chi connectivity index (χ4v) is 21.2. The van der Waals surface area contributed by atoms with Gasteiger partial charge in [0.15, 0.2) is 16.9 Å². The molecule has 0 unspecified atom stereocenters. The van der Waals surface area contributed by atoms with Crippen molar-refractivity contribution in [2.45, 2.75) is 60.2 Å². The zero-order valence-electron chi connectivity index (χ0n) is 66.9. The Morgan fingerprint density at radius 2 is 0.708 bits per heavy atom. The number of rotatable bonds is 13. The molecule has 0 radical (unpaired) electrons. The lowest BCUT2D eigenvalue weighted by atomic mass is 9.77. The first-order valence-corrected chi connectivity index (χ1v) is 46.8. The number of H-pyrrole nitrogens is 1. The molecule has 0 bridgehead atoms. The number of benzene rings is 7. The summed E-state index contributed by atoms with van der Waals surface area (Å²) in [7, 11) is -15.3. The molecule has 11 heterocycles. The Morgan fingerprint density at radius 3 is 1.09 bits per heavy atom. The molecule has 5 N–H and O–H groups in total. The minimum absolute atomic E-state index is 0.0116. The Balaban J connectivity index is 0.000000139. The standard InChI is InChI=1S/C25H17F3N2O2S2.C21H14ClF3N2O2S.C18H11F3N2S.C14H10ClIN2O2S.C7H6BF3O2.C4H5BO2S/c1-16-6-8-18(9-7-16)34(31,32)30-14-21(20-4-2-3-5-22(20)25(26,27)28)23-19(10-12-29-24(23)30)17-11-13-33-15-17;1-13-6-8-14(9-7-13)30(28,29)27-12-16(19-18(22)10-11-26-20(19)27)15-4-2-3-5-17(15)21(23,24)25;19-18(20,21)15-4-2-1-3-13(15)14-9-23-17-16(14)12(5-7-22-17)11-6-8-24-10-11;1-9-2-4-10(5-3-9)21(19,20)18-8-12(16)13-11(15)6-7-17-14(13)18;9-7(10,11)5-3-1-2-4-6(5)8(12)13;6-5(7)4-1-2-8-3-4/h2-15H,1H3;2-12H,1H3;1-10H,(H,22,23);2-8H,1H3;1-4,12-13H;1-3,6-7H. The second kappa shape index (κ2) is 39.4. The van der Waals surface area contributed by atoms with Gasteiger partial charge in [-0.3, -0.25) is 0 Å². The van der Waals surface area contributed by atoms with Gasteiger partial charge in [-0.25, -0.2) is 57.1 Å². The van der Waals surface area contributed by atoms with Gasteiger partial charge in [-0.2, -0.15) is 86.7 Å². The summed E-state index contributed by atoms with van der Waals surface area (Å²) in [6.07, 6.45) is -6.76. The first-order chi connectivity index (χ1) is 61.5. The molecule has 0 aliphatic heterocycles. The van der Waals surface area contributed by atoms with E-state index in [-0.39, 0.29) is 64.2 Å². The van der Waals surface area contributed by atoms with Crippen molar-refractivity contribution in [1.82, 2.24) is 36.8 Å². The number of nitrogens with zero attached hydrogens (tertiary/aromatic N) is 7. The summed E-state index contributed by atoms with van der Waals surface area (Å²) < 4.78 is 242. The van der Waals surface area contributed by atoms with Crippen molar-refractivity contribution in [3.05, 3.63) is 347 Å². The van der Waals surface area contributed by atoms with Crippen LogP contribution in [0.3, 0.4) is 0 Å². The number of thiophene rings is 3. The molecule has 0 amide bonds. The van der Waals surface area contributed by atoms with E-state index in [4.69, 9.17) is 43.3 Å². The average Bonchev–Trinajstić information content (AvgIpc) is 1.59. The van der Waals surface area contributed by atoms with Gasteiger partial charge in [0.05, 0.1) is 52.4 Å². The third kappa shape index (κ3) is 21.0. The SMILES string of the molecule is Cc1ccc(S(=O)(=O)n2cc(-c3ccccc3C(F)(F)F)c3c(-c4ccsc4)ccnc32)cc1.Cc1ccc(S(=O)(=O)n2cc(-c3ccccc3C(F)(F)F)c3c(Cl)ccnc32)cc1.Cc1ccc(S(=O)(=O)n2cc(I)c3c(Cl)ccnc32)cc1.FC(F)(F)c1ccccc1-c1c[nH]c2nccc(-c3ccsc3)c12.OB(O)c1ccccc1C(F)(F)F.OB(O)c1ccsc1. The topological polar surface area (TPSA) is 265 Å². The predicted octanol–water partition coefficient (Wildman–Crippen LogP) is 22.5. The molecule has 11 aromatic heterocycles. The van der Waals surface area contributed by atoms with Gasteiger partial charge in [0.25, 0.3) is 30.1 Å². The van der Waals surface area contributed by atoms with E-state index >= 15 is 0 Å². The summed E-state index contributed by atoms with van der Waals surface area (Å²) in [6, 6.07) is 51.2. The number of alkyl halides is 12. The van der Waals surface area contributed by atoms with Crippen molar-refractivity contribution in [2.75, 3.05) is 0 Å². The minimum Gasteiger partial charge on any atom is -0.423 e. The van der Waals surface area contributed by atoms with Gasteiger partial charge < -0.3 is 25.1 Å². The summed E-state index contributed by atoms with van der Waals surface area (Å²) in [5.41, 5.74) is 4.09. The Hall–Kier alpha value is -11.3. The monoisotopic (exact) mass is 2040 g/mol. The van der Waals surface area contributed by atoms with Crippen LogP contribution in [0.4, 0.5) is 52.7 Å². The molecular weight excluding hydrogens is 1980 g/mol. The van der Waals surface area contributed by atoms with E-state index in [1.54, 1.807) is 113 Å². The molecule has 666 valence electrons. The summed E-state index contributed by atoms with van der Waals surface area (Å²) in [5, 5.41) is 47.7. The van der Waals surface area contributed by atoms with Crippen molar-refractivity contribution in [3.8, 4) is 55.6 Å². The zero-order valence-corrected chi connectivity index (χ0v) is 75.5. The van der Waals surface area contributed by atoms with Crippen LogP contribution in [-0.4, -0.2) is 96.4 Å². The molecule has 0 fully saturated rings. The normalized spacial score (nSPS) is 12.0. The van der Waals surface area contributed by atoms with E-state index in [0.717, 1.165) is 81.4 Å². The van der Waals surface area contributed by atoms with Crippen LogP contribution in [0.2, 0.25) is 10.0 Å². The molecule has 18 nitrogen and oxygen atoms in total.